The molecule has 1 saturated carbocycles. The second-order valence-electron chi connectivity index (χ2n) is 3.98. The highest BCUT2D eigenvalue weighted by Gasteiger charge is 2.20. The van der Waals surface area contributed by atoms with E-state index in [-0.39, 0.29) is 0 Å². The summed E-state index contributed by atoms with van der Waals surface area (Å²) in [5.74, 6) is 1.89. The molecule has 0 bridgehead atoms. The van der Waals surface area contributed by atoms with Crippen molar-refractivity contribution in [3.8, 4) is 0 Å². The summed E-state index contributed by atoms with van der Waals surface area (Å²) < 4.78 is 4.97. The van der Waals surface area contributed by atoms with E-state index in [4.69, 9.17) is 4.74 Å². The van der Waals surface area contributed by atoms with Gasteiger partial charge in [-0.05, 0) is 31.2 Å². The highest BCUT2D eigenvalue weighted by atomic mass is 16.5. The smallest absolute Gasteiger partial charge is 0.0587 e. The first-order valence-electron chi connectivity index (χ1n) is 5.02. The molecule has 0 amide bonds. The van der Waals surface area contributed by atoms with E-state index in [2.05, 4.69) is 12.2 Å². The van der Waals surface area contributed by atoms with Crippen LogP contribution in [0.25, 0.3) is 0 Å². The normalized spacial score (nSPS) is 29.5. The molecule has 0 aromatic rings. The van der Waals surface area contributed by atoms with Gasteiger partial charge in [-0.2, -0.15) is 0 Å². The van der Waals surface area contributed by atoms with E-state index in [9.17, 15) is 0 Å². The van der Waals surface area contributed by atoms with Crippen LogP contribution in [0.2, 0.25) is 0 Å². The van der Waals surface area contributed by atoms with Gasteiger partial charge in [0.2, 0.25) is 0 Å². The Morgan fingerprint density at radius 1 is 1.42 bits per heavy atom. The molecule has 0 aliphatic heterocycles. The maximum absolute atomic E-state index is 4.97. The van der Waals surface area contributed by atoms with Crippen molar-refractivity contribution in [1.29, 1.82) is 0 Å². The van der Waals surface area contributed by atoms with Crippen molar-refractivity contribution >= 4 is 0 Å². The zero-order valence-corrected chi connectivity index (χ0v) is 8.31. The fourth-order valence-corrected chi connectivity index (χ4v) is 1.99. The van der Waals surface area contributed by atoms with Gasteiger partial charge in [0.15, 0.2) is 0 Å². The highest BCUT2D eigenvalue weighted by Crippen LogP contribution is 2.29. The van der Waals surface area contributed by atoms with Gasteiger partial charge in [-0.15, -0.1) is 0 Å². The first-order chi connectivity index (χ1) is 5.83. The third-order valence-electron chi connectivity index (χ3n) is 2.72. The minimum atomic E-state index is 0.836. The van der Waals surface area contributed by atoms with Crippen LogP contribution in [0.5, 0.6) is 0 Å². The maximum Gasteiger partial charge on any atom is 0.0587 e. The Balaban J connectivity index is 1.93. The van der Waals surface area contributed by atoms with Crippen molar-refractivity contribution in [2.45, 2.75) is 26.2 Å². The van der Waals surface area contributed by atoms with E-state index < -0.39 is 0 Å². The summed E-state index contributed by atoms with van der Waals surface area (Å²) in [5, 5.41) is 3.42. The lowest BCUT2D eigenvalue weighted by molar-refractivity contribution is 0.198. The van der Waals surface area contributed by atoms with E-state index in [1.165, 1.54) is 25.8 Å². The number of hydrogen-bond acceptors (Lipinski definition) is 2. The Labute approximate surface area is 75.7 Å². The first kappa shape index (κ1) is 10.0. The van der Waals surface area contributed by atoms with Gasteiger partial charge in [-0.1, -0.05) is 13.3 Å². The van der Waals surface area contributed by atoms with Crippen molar-refractivity contribution in [3.05, 3.63) is 0 Å². The van der Waals surface area contributed by atoms with Crippen LogP contribution in [0.15, 0.2) is 0 Å². The van der Waals surface area contributed by atoms with Gasteiger partial charge >= 0.3 is 0 Å². The maximum atomic E-state index is 4.97. The van der Waals surface area contributed by atoms with Gasteiger partial charge in [0.25, 0.3) is 0 Å². The summed E-state index contributed by atoms with van der Waals surface area (Å²) >= 11 is 0. The number of methoxy groups -OCH3 is 1. The molecule has 1 rings (SSSR count). The van der Waals surface area contributed by atoms with Crippen molar-refractivity contribution in [2.75, 3.05) is 26.8 Å². The molecule has 12 heavy (non-hydrogen) atoms. The Morgan fingerprint density at radius 2 is 2.25 bits per heavy atom. The SMILES string of the molecule is COCCNCC1CCC(C)C1. The Hall–Kier alpha value is -0.0800. The Morgan fingerprint density at radius 3 is 2.83 bits per heavy atom. The number of hydrogen-bond donors (Lipinski definition) is 1. The van der Waals surface area contributed by atoms with Crippen LogP contribution in [0.4, 0.5) is 0 Å². The fourth-order valence-electron chi connectivity index (χ4n) is 1.99. The third kappa shape index (κ3) is 3.55. The highest BCUT2D eigenvalue weighted by molar-refractivity contribution is 4.74. The van der Waals surface area contributed by atoms with Crippen LogP contribution < -0.4 is 5.32 Å². The standard InChI is InChI=1S/C10H21NO/c1-9-3-4-10(7-9)8-11-5-6-12-2/h9-11H,3-8H2,1-2H3. The van der Waals surface area contributed by atoms with E-state index in [0.29, 0.717) is 0 Å². The zero-order chi connectivity index (χ0) is 8.81. The van der Waals surface area contributed by atoms with E-state index >= 15 is 0 Å². The molecular weight excluding hydrogens is 150 g/mol. The largest absolute Gasteiger partial charge is 0.383 e. The molecule has 2 nitrogen and oxygen atoms in total. The predicted octanol–water partition coefficient (Wildman–Crippen LogP) is 1.66. The lowest BCUT2D eigenvalue weighted by Crippen LogP contribution is -2.24. The molecule has 1 N–H and O–H groups in total. The lowest BCUT2D eigenvalue weighted by Gasteiger charge is -2.10. The number of ether oxygens (including phenoxy) is 1. The molecular formula is C10H21NO. The van der Waals surface area contributed by atoms with Crippen LogP contribution in [-0.2, 0) is 4.74 Å². The predicted molar refractivity (Wildman–Crippen MR) is 51.3 cm³/mol. The van der Waals surface area contributed by atoms with Crippen LogP contribution in [-0.4, -0.2) is 26.8 Å². The van der Waals surface area contributed by atoms with Crippen LogP contribution in [0.1, 0.15) is 26.2 Å². The van der Waals surface area contributed by atoms with E-state index in [0.717, 1.165) is 25.0 Å². The molecule has 0 spiro atoms. The topological polar surface area (TPSA) is 21.3 Å². The summed E-state index contributed by atoms with van der Waals surface area (Å²) in [4.78, 5) is 0. The summed E-state index contributed by atoms with van der Waals surface area (Å²) in [5.41, 5.74) is 0. The van der Waals surface area contributed by atoms with Crippen molar-refractivity contribution < 1.29 is 4.74 Å². The molecule has 0 radical (unpaired) electrons. The van der Waals surface area contributed by atoms with Crippen LogP contribution in [0.3, 0.4) is 0 Å². The van der Waals surface area contributed by atoms with Crippen LogP contribution in [0, 0.1) is 11.8 Å². The molecule has 0 aromatic heterocycles. The molecule has 2 unspecified atom stereocenters. The molecule has 1 aliphatic carbocycles. The molecule has 1 aliphatic rings. The van der Waals surface area contributed by atoms with Crippen molar-refractivity contribution in [3.63, 3.8) is 0 Å². The Bertz CT molecular complexity index is 116. The molecule has 0 saturated heterocycles. The summed E-state index contributed by atoms with van der Waals surface area (Å²) in [7, 11) is 1.75. The zero-order valence-electron chi connectivity index (χ0n) is 8.31. The quantitative estimate of drug-likeness (QED) is 0.635. The van der Waals surface area contributed by atoms with Gasteiger partial charge in [0.05, 0.1) is 6.61 Å². The second kappa shape index (κ2) is 5.55. The molecule has 2 heteroatoms. The summed E-state index contributed by atoms with van der Waals surface area (Å²) in [6.07, 6.45) is 4.26. The molecule has 0 aromatic carbocycles. The van der Waals surface area contributed by atoms with Gasteiger partial charge < -0.3 is 10.1 Å². The van der Waals surface area contributed by atoms with Crippen molar-refractivity contribution in [2.24, 2.45) is 11.8 Å². The molecule has 72 valence electrons. The van der Waals surface area contributed by atoms with E-state index in [1.807, 2.05) is 0 Å². The van der Waals surface area contributed by atoms with Gasteiger partial charge in [-0.25, -0.2) is 0 Å². The number of rotatable bonds is 5. The first-order valence-corrected chi connectivity index (χ1v) is 5.02. The minimum Gasteiger partial charge on any atom is -0.383 e. The van der Waals surface area contributed by atoms with Crippen molar-refractivity contribution in [1.82, 2.24) is 5.32 Å². The van der Waals surface area contributed by atoms with Gasteiger partial charge in [0.1, 0.15) is 0 Å². The molecule has 0 heterocycles. The summed E-state index contributed by atoms with van der Waals surface area (Å²) in [6, 6.07) is 0. The van der Waals surface area contributed by atoms with Gasteiger partial charge in [-0.3, -0.25) is 0 Å². The fraction of sp³-hybridized carbons (Fsp3) is 1.00. The average Bonchev–Trinajstić information content (AvgIpc) is 2.45. The minimum absolute atomic E-state index is 0.836. The molecule has 2 atom stereocenters. The monoisotopic (exact) mass is 171 g/mol. The van der Waals surface area contributed by atoms with Crippen LogP contribution >= 0.6 is 0 Å². The lowest BCUT2D eigenvalue weighted by atomic mass is 10.1. The molecule has 1 fully saturated rings. The Kier molecular flexibility index (Phi) is 4.62. The summed E-state index contributed by atoms with van der Waals surface area (Å²) in [6.45, 7) is 5.38. The number of nitrogens with one attached hydrogen (secondary N) is 1. The van der Waals surface area contributed by atoms with Gasteiger partial charge in [0, 0.05) is 13.7 Å². The second-order valence-corrected chi connectivity index (χ2v) is 3.98. The third-order valence-corrected chi connectivity index (χ3v) is 2.72. The average molecular weight is 171 g/mol. The van der Waals surface area contributed by atoms with E-state index in [1.54, 1.807) is 7.11 Å².